The third-order valence-corrected chi connectivity index (χ3v) is 4.22. The summed E-state index contributed by atoms with van der Waals surface area (Å²) in [5.41, 5.74) is 1.07. The summed E-state index contributed by atoms with van der Waals surface area (Å²) in [4.78, 5) is 14.2. The van der Waals surface area contributed by atoms with E-state index >= 15 is 0 Å². The summed E-state index contributed by atoms with van der Waals surface area (Å²) in [5.74, 6) is 1.65. The summed E-state index contributed by atoms with van der Waals surface area (Å²) >= 11 is 0. The molecule has 1 unspecified atom stereocenters. The van der Waals surface area contributed by atoms with Gasteiger partial charge in [-0.1, -0.05) is 6.07 Å². The van der Waals surface area contributed by atoms with Crippen LogP contribution >= 0.6 is 0 Å². The highest BCUT2D eigenvalue weighted by Gasteiger charge is 2.25. The molecule has 5 nitrogen and oxygen atoms in total. The number of aliphatic hydroxyl groups is 1. The molecule has 0 aromatic heterocycles. The number of aliphatic hydroxyl groups excluding tert-OH is 1. The Hall–Kier alpha value is -1.75. The molecular weight excluding hydrogens is 270 g/mol. The van der Waals surface area contributed by atoms with E-state index in [1.54, 1.807) is 0 Å². The van der Waals surface area contributed by atoms with Gasteiger partial charge in [0.2, 0.25) is 12.7 Å². The van der Waals surface area contributed by atoms with Crippen LogP contribution in [0.3, 0.4) is 0 Å². The topological polar surface area (TPSA) is 59.0 Å². The molecule has 0 saturated carbocycles. The highest BCUT2D eigenvalue weighted by Crippen LogP contribution is 2.32. The molecular formula is C16H21NO4. The molecule has 1 saturated heterocycles. The van der Waals surface area contributed by atoms with Gasteiger partial charge in [-0.15, -0.1) is 0 Å². The number of likely N-dealkylation sites (tertiary alicyclic amines) is 1. The van der Waals surface area contributed by atoms with Gasteiger partial charge in [-0.25, -0.2) is 0 Å². The van der Waals surface area contributed by atoms with Crippen molar-refractivity contribution in [2.75, 3.05) is 19.9 Å². The first-order valence-electron chi connectivity index (χ1n) is 7.57. The Bertz CT molecular complexity index is 517. The van der Waals surface area contributed by atoms with Gasteiger partial charge < -0.3 is 19.5 Å². The summed E-state index contributed by atoms with van der Waals surface area (Å²) in [6.45, 7) is 1.10. The van der Waals surface area contributed by atoms with Crippen molar-refractivity contribution in [3.05, 3.63) is 23.8 Å². The molecule has 21 heavy (non-hydrogen) atoms. The first-order chi connectivity index (χ1) is 10.3. The fraction of sp³-hybridized carbons (Fsp3) is 0.562. The lowest BCUT2D eigenvalue weighted by atomic mass is 10.0. The SMILES string of the molecule is O=C(CCc1ccc2c(c1)OCO2)N1CCCCC1CO. The van der Waals surface area contributed by atoms with Crippen molar-refractivity contribution >= 4 is 5.91 Å². The molecule has 1 aromatic carbocycles. The van der Waals surface area contributed by atoms with Gasteiger partial charge in [0, 0.05) is 13.0 Å². The lowest BCUT2D eigenvalue weighted by Crippen LogP contribution is -2.45. The Morgan fingerprint density at radius 3 is 3.00 bits per heavy atom. The Morgan fingerprint density at radius 2 is 2.14 bits per heavy atom. The minimum atomic E-state index is 0.00278. The smallest absolute Gasteiger partial charge is 0.231 e. The average molecular weight is 291 g/mol. The number of carbonyl (C=O) groups is 1. The number of carbonyl (C=O) groups excluding carboxylic acids is 1. The van der Waals surface area contributed by atoms with E-state index in [1.807, 2.05) is 23.1 Å². The number of hydrogen-bond donors (Lipinski definition) is 1. The summed E-state index contributed by atoms with van der Waals surface area (Å²) in [5, 5.41) is 9.38. The number of benzene rings is 1. The van der Waals surface area contributed by atoms with Gasteiger partial charge in [0.1, 0.15) is 0 Å². The van der Waals surface area contributed by atoms with Crippen molar-refractivity contribution in [3.8, 4) is 11.5 Å². The van der Waals surface area contributed by atoms with E-state index in [9.17, 15) is 9.90 Å². The zero-order valence-electron chi connectivity index (χ0n) is 12.1. The molecule has 1 N–H and O–H groups in total. The molecule has 1 atom stereocenters. The molecule has 0 spiro atoms. The van der Waals surface area contributed by atoms with E-state index in [0.29, 0.717) is 12.8 Å². The minimum Gasteiger partial charge on any atom is -0.454 e. The van der Waals surface area contributed by atoms with Crippen molar-refractivity contribution in [1.29, 1.82) is 0 Å². The van der Waals surface area contributed by atoms with Crippen molar-refractivity contribution in [2.24, 2.45) is 0 Å². The summed E-state index contributed by atoms with van der Waals surface area (Å²) < 4.78 is 10.6. The molecule has 2 aliphatic heterocycles. The van der Waals surface area contributed by atoms with Gasteiger partial charge in [-0.05, 0) is 43.4 Å². The number of amides is 1. The number of fused-ring (bicyclic) bond motifs is 1. The van der Waals surface area contributed by atoms with Crippen molar-refractivity contribution in [1.82, 2.24) is 4.90 Å². The van der Waals surface area contributed by atoms with Crippen LogP contribution in [-0.2, 0) is 11.2 Å². The first-order valence-corrected chi connectivity index (χ1v) is 7.57. The first kappa shape index (κ1) is 14.2. The lowest BCUT2D eigenvalue weighted by molar-refractivity contribution is -0.135. The highest BCUT2D eigenvalue weighted by atomic mass is 16.7. The van der Waals surface area contributed by atoms with E-state index in [4.69, 9.17) is 9.47 Å². The monoisotopic (exact) mass is 291 g/mol. The Balaban J connectivity index is 1.58. The predicted molar refractivity (Wildman–Crippen MR) is 77.3 cm³/mol. The molecule has 0 aliphatic carbocycles. The standard InChI is InChI=1S/C16H21NO4/c18-10-13-3-1-2-8-17(13)16(19)7-5-12-4-6-14-15(9-12)21-11-20-14/h4,6,9,13,18H,1-3,5,7-8,10-11H2. The van der Waals surface area contributed by atoms with E-state index in [2.05, 4.69) is 0 Å². The zero-order valence-corrected chi connectivity index (χ0v) is 12.1. The number of ether oxygens (including phenoxy) is 2. The third kappa shape index (κ3) is 3.13. The zero-order chi connectivity index (χ0) is 14.7. The van der Waals surface area contributed by atoms with Crippen LogP contribution in [0.1, 0.15) is 31.2 Å². The Morgan fingerprint density at radius 1 is 1.29 bits per heavy atom. The van der Waals surface area contributed by atoms with Gasteiger partial charge in [0.05, 0.1) is 12.6 Å². The van der Waals surface area contributed by atoms with Gasteiger partial charge >= 0.3 is 0 Å². The minimum absolute atomic E-state index is 0.00278. The molecule has 1 amide bonds. The predicted octanol–water partition coefficient (Wildman–Crippen LogP) is 1.72. The molecule has 1 aromatic rings. The molecule has 1 fully saturated rings. The lowest BCUT2D eigenvalue weighted by Gasteiger charge is -2.34. The highest BCUT2D eigenvalue weighted by molar-refractivity contribution is 5.77. The summed E-state index contributed by atoms with van der Waals surface area (Å²) in [6, 6.07) is 5.80. The van der Waals surface area contributed by atoms with Crippen molar-refractivity contribution < 1.29 is 19.4 Å². The molecule has 0 bridgehead atoms. The molecule has 0 radical (unpaired) electrons. The number of nitrogens with zero attached hydrogens (tertiary/aromatic N) is 1. The average Bonchev–Trinajstić information content (AvgIpc) is 3.00. The van der Waals surface area contributed by atoms with E-state index in [1.165, 1.54) is 0 Å². The van der Waals surface area contributed by atoms with Crippen LogP contribution in [0.25, 0.3) is 0 Å². The number of rotatable bonds is 4. The number of aryl methyl sites for hydroxylation is 1. The molecule has 5 heteroatoms. The van der Waals surface area contributed by atoms with Crippen LogP contribution in [0.15, 0.2) is 18.2 Å². The van der Waals surface area contributed by atoms with Gasteiger partial charge in [-0.2, -0.15) is 0 Å². The fourth-order valence-electron chi connectivity index (χ4n) is 3.01. The maximum Gasteiger partial charge on any atom is 0.231 e. The maximum atomic E-state index is 12.3. The summed E-state index contributed by atoms with van der Waals surface area (Å²) in [7, 11) is 0. The fourth-order valence-corrected chi connectivity index (χ4v) is 3.01. The van der Waals surface area contributed by atoms with E-state index < -0.39 is 0 Å². The Kier molecular flexibility index (Phi) is 4.29. The van der Waals surface area contributed by atoms with Gasteiger partial charge in [0.25, 0.3) is 0 Å². The quantitative estimate of drug-likeness (QED) is 0.917. The van der Waals surface area contributed by atoms with Crippen LogP contribution in [0.2, 0.25) is 0 Å². The normalized spacial score (nSPS) is 20.6. The molecule has 114 valence electrons. The molecule has 2 aliphatic rings. The molecule has 2 heterocycles. The van der Waals surface area contributed by atoms with Crippen LogP contribution < -0.4 is 9.47 Å². The third-order valence-electron chi connectivity index (χ3n) is 4.22. The Labute approximate surface area is 124 Å². The maximum absolute atomic E-state index is 12.3. The van der Waals surface area contributed by atoms with Crippen molar-refractivity contribution in [2.45, 2.75) is 38.1 Å². The van der Waals surface area contributed by atoms with Gasteiger partial charge in [0.15, 0.2) is 11.5 Å². The second-order valence-electron chi connectivity index (χ2n) is 5.61. The van der Waals surface area contributed by atoms with Crippen LogP contribution in [0.4, 0.5) is 0 Å². The second-order valence-corrected chi connectivity index (χ2v) is 5.61. The van der Waals surface area contributed by atoms with Gasteiger partial charge in [-0.3, -0.25) is 4.79 Å². The largest absolute Gasteiger partial charge is 0.454 e. The number of hydrogen-bond acceptors (Lipinski definition) is 4. The van der Waals surface area contributed by atoms with Crippen molar-refractivity contribution in [3.63, 3.8) is 0 Å². The van der Waals surface area contributed by atoms with E-state index in [0.717, 1.165) is 42.9 Å². The van der Waals surface area contributed by atoms with Crippen LogP contribution in [0, 0.1) is 0 Å². The number of piperidine rings is 1. The van der Waals surface area contributed by atoms with Crippen LogP contribution in [0.5, 0.6) is 11.5 Å². The second kappa shape index (κ2) is 6.35. The molecule has 3 rings (SSSR count). The summed E-state index contributed by atoms with van der Waals surface area (Å²) in [6.07, 6.45) is 4.19. The van der Waals surface area contributed by atoms with E-state index in [-0.39, 0.29) is 25.3 Å². The van der Waals surface area contributed by atoms with Crippen LogP contribution in [-0.4, -0.2) is 41.9 Å².